The molecule has 1 unspecified atom stereocenters. The summed E-state index contributed by atoms with van der Waals surface area (Å²) in [7, 11) is 0. The molecule has 2 fully saturated rings. The number of nitrogens with one attached hydrogen (secondary N) is 1. The minimum atomic E-state index is -0.216. The smallest absolute Gasteiger partial charge is 0.278 e. The van der Waals surface area contributed by atoms with Crippen molar-refractivity contribution in [2.45, 2.75) is 50.0 Å². The zero-order chi connectivity index (χ0) is 18.4. The molecule has 1 spiro atoms. The lowest BCUT2D eigenvalue weighted by Gasteiger charge is -2.24. The van der Waals surface area contributed by atoms with Gasteiger partial charge in [-0.15, -0.1) is 12.4 Å². The van der Waals surface area contributed by atoms with Gasteiger partial charge in [0.05, 0.1) is 11.7 Å². The Balaban J connectivity index is 0.00000192. The molecule has 1 N–H and O–H groups in total. The Morgan fingerprint density at radius 2 is 2.04 bits per heavy atom. The second kappa shape index (κ2) is 7.48. The third-order valence-electron chi connectivity index (χ3n) is 6.55. The number of benzene rings is 1. The first-order chi connectivity index (χ1) is 13.2. The van der Waals surface area contributed by atoms with Gasteiger partial charge in [-0.05, 0) is 50.4 Å². The highest BCUT2D eigenvalue weighted by Crippen LogP contribution is 2.51. The van der Waals surface area contributed by atoms with Crippen LogP contribution in [-0.4, -0.2) is 35.3 Å². The molecule has 1 saturated carbocycles. The fraction of sp³-hybridized carbons (Fsp3) is 0.524. The van der Waals surface area contributed by atoms with E-state index in [1.807, 2.05) is 16.9 Å². The van der Waals surface area contributed by atoms with Crippen LogP contribution in [0.3, 0.4) is 0 Å². The van der Waals surface area contributed by atoms with Crippen LogP contribution in [0.1, 0.15) is 60.6 Å². The van der Waals surface area contributed by atoms with Crippen LogP contribution in [0.15, 0.2) is 30.5 Å². The monoisotopic (exact) mass is 404 g/mol. The summed E-state index contributed by atoms with van der Waals surface area (Å²) >= 11 is 0. The number of amides is 1. The zero-order valence-electron chi connectivity index (χ0n) is 15.9. The number of nitrogens with zero attached hydrogens (tertiary/aromatic N) is 3. The number of carbonyl (C=O) groups is 1. The molecule has 1 aliphatic carbocycles. The van der Waals surface area contributed by atoms with Crippen molar-refractivity contribution in [2.75, 3.05) is 24.5 Å². The van der Waals surface area contributed by atoms with Crippen LogP contribution in [0, 0.1) is 5.82 Å². The highest BCUT2D eigenvalue weighted by molar-refractivity contribution is 6.06. The zero-order valence-corrected chi connectivity index (χ0v) is 16.7. The summed E-state index contributed by atoms with van der Waals surface area (Å²) in [6, 6.07) is 7.21. The van der Waals surface area contributed by atoms with Crippen molar-refractivity contribution in [1.29, 1.82) is 0 Å². The average Bonchev–Trinajstić information content (AvgIpc) is 3.43. The maximum absolute atomic E-state index is 14.7. The molecular formula is C21H26ClFN4O. The number of rotatable bonds is 2. The quantitative estimate of drug-likeness (QED) is 0.827. The lowest BCUT2D eigenvalue weighted by Crippen LogP contribution is -2.36. The van der Waals surface area contributed by atoms with Crippen LogP contribution < -0.4 is 10.2 Å². The van der Waals surface area contributed by atoms with Crippen molar-refractivity contribution in [2.24, 2.45) is 0 Å². The van der Waals surface area contributed by atoms with E-state index in [2.05, 4.69) is 10.4 Å². The molecule has 1 atom stereocenters. The van der Waals surface area contributed by atoms with Crippen LogP contribution in [-0.2, 0) is 5.41 Å². The topological polar surface area (TPSA) is 50.2 Å². The van der Waals surface area contributed by atoms with Gasteiger partial charge in [0.25, 0.3) is 5.91 Å². The maximum atomic E-state index is 14.7. The third kappa shape index (κ3) is 3.03. The van der Waals surface area contributed by atoms with E-state index >= 15 is 0 Å². The maximum Gasteiger partial charge on any atom is 0.278 e. The van der Waals surface area contributed by atoms with Crippen molar-refractivity contribution in [3.05, 3.63) is 47.5 Å². The van der Waals surface area contributed by atoms with Crippen LogP contribution >= 0.6 is 12.4 Å². The van der Waals surface area contributed by atoms with Crippen molar-refractivity contribution >= 4 is 24.0 Å². The number of anilines is 1. The van der Waals surface area contributed by atoms with Crippen molar-refractivity contribution in [1.82, 2.24) is 15.1 Å². The molecule has 1 saturated heterocycles. The molecule has 1 aromatic carbocycles. The summed E-state index contributed by atoms with van der Waals surface area (Å²) in [4.78, 5) is 15.0. The molecule has 2 aromatic rings. The van der Waals surface area contributed by atoms with E-state index < -0.39 is 0 Å². The number of piperidine rings is 1. The third-order valence-corrected chi connectivity index (χ3v) is 6.55. The first kappa shape index (κ1) is 19.4. The number of halogens is 2. The van der Waals surface area contributed by atoms with Crippen LogP contribution in [0.25, 0.3) is 0 Å². The van der Waals surface area contributed by atoms with Gasteiger partial charge >= 0.3 is 0 Å². The SMILES string of the molecule is Cl.O=C(c1ccn(C2CCCNC2)n1)N1CC2(CCCC2)c2c(F)cccc21. The second-order valence-electron chi connectivity index (χ2n) is 8.19. The lowest BCUT2D eigenvalue weighted by atomic mass is 9.80. The molecule has 3 heterocycles. The molecule has 5 rings (SSSR count). The molecule has 28 heavy (non-hydrogen) atoms. The predicted molar refractivity (Wildman–Crippen MR) is 109 cm³/mol. The summed E-state index contributed by atoms with van der Waals surface area (Å²) in [6.07, 6.45) is 8.19. The predicted octanol–water partition coefficient (Wildman–Crippen LogP) is 3.84. The standard InChI is InChI=1S/C21H25FN4O.ClH/c22-16-6-3-7-18-19(16)21(9-1-2-10-21)14-25(18)20(27)17-8-12-26(24-17)15-5-4-11-23-13-15;/h3,6-8,12,15,23H,1-2,4-5,9-11,13-14H2;1H. The van der Waals surface area contributed by atoms with Gasteiger partial charge in [0, 0.05) is 30.3 Å². The van der Waals surface area contributed by atoms with Crippen LogP contribution in [0.5, 0.6) is 0 Å². The highest BCUT2D eigenvalue weighted by atomic mass is 35.5. The lowest BCUT2D eigenvalue weighted by molar-refractivity contribution is 0.0978. The summed E-state index contributed by atoms with van der Waals surface area (Å²) in [5, 5.41) is 7.96. The number of hydrogen-bond donors (Lipinski definition) is 1. The van der Waals surface area contributed by atoms with Gasteiger partial charge in [0.2, 0.25) is 0 Å². The van der Waals surface area contributed by atoms with Gasteiger partial charge in [0.15, 0.2) is 5.69 Å². The molecule has 0 bridgehead atoms. The molecule has 2 aliphatic heterocycles. The molecule has 7 heteroatoms. The first-order valence-electron chi connectivity index (χ1n) is 10.0. The van der Waals surface area contributed by atoms with Crippen molar-refractivity contribution in [3.8, 4) is 0 Å². The summed E-state index contributed by atoms with van der Waals surface area (Å²) in [6.45, 7) is 2.50. The number of fused-ring (bicyclic) bond motifs is 2. The molecule has 1 aromatic heterocycles. The minimum Gasteiger partial charge on any atom is -0.315 e. The first-order valence-corrected chi connectivity index (χ1v) is 10.0. The van der Waals surface area contributed by atoms with E-state index in [-0.39, 0.29) is 29.5 Å². The molecular weight excluding hydrogens is 379 g/mol. The van der Waals surface area contributed by atoms with Gasteiger partial charge in [-0.3, -0.25) is 9.48 Å². The molecule has 3 aliphatic rings. The number of carbonyl (C=O) groups excluding carboxylic acids is 1. The van der Waals surface area contributed by atoms with Gasteiger partial charge in [-0.2, -0.15) is 5.10 Å². The van der Waals surface area contributed by atoms with E-state index in [9.17, 15) is 9.18 Å². The summed E-state index contributed by atoms with van der Waals surface area (Å²) in [5.74, 6) is -0.295. The minimum absolute atomic E-state index is 0. The molecule has 0 radical (unpaired) electrons. The highest BCUT2D eigenvalue weighted by Gasteiger charge is 2.48. The van der Waals surface area contributed by atoms with Crippen molar-refractivity contribution in [3.63, 3.8) is 0 Å². The fourth-order valence-corrected chi connectivity index (χ4v) is 5.22. The van der Waals surface area contributed by atoms with Crippen molar-refractivity contribution < 1.29 is 9.18 Å². The average molecular weight is 405 g/mol. The number of aromatic nitrogens is 2. The molecule has 5 nitrogen and oxygen atoms in total. The number of hydrogen-bond acceptors (Lipinski definition) is 3. The van der Waals surface area contributed by atoms with Gasteiger partial charge < -0.3 is 10.2 Å². The fourth-order valence-electron chi connectivity index (χ4n) is 5.22. The van der Waals surface area contributed by atoms with Gasteiger partial charge in [-0.1, -0.05) is 18.9 Å². The van der Waals surface area contributed by atoms with E-state index in [4.69, 9.17) is 0 Å². The Morgan fingerprint density at radius 3 is 2.79 bits per heavy atom. The van der Waals surface area contributed by atoms with Crippen LogP contribution in [0.2, 0.25) is 0 Å². The largest absolute Gasteiger partial charge is 0.315 e. The van der Waals surface area contributed by atoms with Gasteiger partial charge in [0.1, 0.15) is 5.82 Å². The van der Waals surface area contributed by atoms with Gasteiger partial charge in [-0.25, -0.2) is 4.39 Å². The second-order valence-corrected chi connectivity index (χ2v) is 8.19. The Bertz CT molecular complexity index is 871. The van der Waals surface area contributed by atoms with Crippen LogP contribution in [0.4, 0.5) is 10.1 Å². The van der Waals surface area contributed by atoms with E-state index in [0.29, 0.717) is 18.3 Å². The normalized spacial score (nSPS) is 22.9. The van der Waals surface area contributed by atoms with E-state index in [0.717, 1.165) is 62.9 Å². The molecule has 1 amide bonds. The Hall–Kier alpha value is -1.92. The summed E-state index contributed by atoms with van der Waals surface area (Å²) < 4.78 is 16.6. The Morgan fingerprint density at radius 1 is 1.21 bits per heavy atom. The van der Waals surface area contributed by atoms with E-state index in [1.54, 1.807) is 17.0 Å². The van der Waals surface area contributed by atoms with E-state index in [1.165, 1.54) is 6.07 Å². The Labute approximate surface area is 170 Å². The summed E-state index contributed by atoms with van der Waals surface area (Å²) in [5.41, 5.74) is 1.71. The molecule has 150 valence electrons. The Kier molecular flexibility index (Phi) is 5.19.